The third-order valence-corrected chi connectivity index (χ3v) is 4.06. The quantitative estimate of drug-likeness (QED) is 0.781. The summed E-state index contributed by atoms with van der Waals surface area (Å²) in [5, 5.41) is 11.5. The molecule has 0 aliphatic carbocycles. The number of ether oxygens (including phenoxy) is 1. The third-order valence-electron chi connectivity index (χ3n) is 4.06. The van der Waals surface area contributed by atoms with E-state index in [1.807, 2.05) is 0 Å². The fourth-order valence-electron chi connectivity index (χ4n) is 2.77. The number of hydrogen-bond acceptors (Lipinski definition) is 3. The van der Waals surface area contributed by atoms with Crippen LogP contribution in [-0.4, -0.2) is 12.1 Å². The second-order valence-corrected chi connectivity index (χ2v) is 5.63. The highest BCUT2D eigenvalue weighted by molar-refractivity contribution is 5.95. The zero-order valence-corrected chi connectivity index (χ0v) is 12.9. The normalized spacial score (nSPS) is 19.6. The predicted molar refractivity (Wildman–Crippen MR) is 78.9 cm³/mol. The van der Waals surface area contributed by atoms with E-state index in [-0.39, 0.29) is 16.9 Å². The second-order valence-electron chi connectivity index (χ2n) is 5.63. The molecular formula is C18H11F4O3-. The Bertz CT molecular complexity index is 886. The maximum Gasteiger partial charge on any atom is 0.437 e. The molecule has 3 rings (SSSR count). The van der Waals surface area contributed by atoms with E-state index in [1.165, 1.54) is 31.2 Å². The Balaban J connectivity index is 2.35. The number of aryl methyl sites for hydroxylation is 1. The third kappa shape index (κ3) is 2.56. The zero-order chi connectivity index (χ0) is 18.4. The fourth-order valence-corrected chi connectivity index (χ4v) is 2.77. The van der Waals surface area contributed by atoms with Gasteiger partial charge < -0.3 is 14.6 Å². The number of carbonyl (C=O) groups excluding carboxylic acids is 1. The van der Waals surface area contributed by atoms with Crippen molar-refractivity contribution in [2.75, 3.05) is 0 Å². The van der Waals surface area contributed by atoms with Gasteiger partial charge in [0, 0.05) is 16.7 Å². The molecule has 2 aromatic carbocycles. The molecule has 1 heterocycles. The van der Waals surface area contributed by atoms with E-state index in [2.05, 4.69) is 0 Å². The standard InChI is InChI=1S/C18H12F4O3/c1-10-6-7-12(9-14(10)19)17(18(20,21)22)13(16(23)24)8-11-4-2-3-5-15(11)25-17/h2-9H,1H3,(H,23,24)/p-1. The smallest absolute Gasteiger partial charge is 0.437 e. The highest BCUT2D eigenvalue weighted by Crippen LogP contribution is 2.51. The number of halogens is 4. The molecule has 0 spiro atoms. The Labute approximate surface area is 140 Å². The Morgan fingerprint density at radius 2 is 1.84 bits per heavy atom. The van der Waals surface area contributed by atoms with Crippen molar-refractivity contribution >= 4 is 12.0 Å². The summed E-state index contributed by atoms with van der Waals surface area (Å²) in [7, 11) is 0. The van der Waals surface area contributed by atoms with Crippen molar-refractivity contribution < 1.29 is 32.2 Å². The Hall–Kier alpha value is -2.83. The number of fused-ring (bicyclic) bond motifs is 1. The molecule has 0 bridgehead atoms. The summed E-state index contributed by atoms with van der Waals surface area (Å²) < 4.78 is 61.2. The number of hydrogen-bond donors (Lipinski definition) is 0. The second kappa shape index (κ2) is 5.61. The van der Waals surface area contributed by atoms with Crippen LogP contribution in [0.1, 0.15) is 16.7 Å². The van der Waals surface area contributed by atoms with Gasteiger partial charge in [0.05, 0.1) is 5.97 Å². The Morgan fingerprint density at radius 3 is 2.44 bits per heavy atom. The van der Waals surface area contributed by atoms with Crippen LogP contribution in [0, 0.1) is 12.7 Å². The molecule has 2 aromatic rings. The minimum Gasteiger partial charge on any atom is -0.545 e. The summed E-state index contributed by atoms with van der Waals surface area (Å²) in [5.74, 6) is -3.11. The molecule has 1 aliphatic rings. The van der Waals surface area contributed by atoms with E-state index >= 15 is 0 Å². The molecule has 3 nitrogen and oxygen atoms in total. The topological polar surface area (TPSA) is 49.4 Å². The monoisotopic (exact) mass is 351 g/mol. The average Bonchev–Trinajstić information content (AvgIpc) is 2.54. The van der Waals surface area contributed by atoms with Crippen molar-refractivity contribution in [2.24, 2.45) is 0 Å². The summed E-state index contributed by atoms with van der Waals surface area (Å²) in [6, 6.07) is 8.43. The van der Waals surface area contributed by atoms with E-state index < -0.39 is 34.7 Å². The number of aliphatic carboxylic acids is 1. The number of carboxylic acids is 1. The maximum atomic E-state index is 14.0. The summed E-state index contributed by atoms with van der Waals surface area (Å²) in [4.78, 5) is 11.5. The molecule has 7 heteroatoms. The van der Waals surface area contributed by atoms with E-state index in [9.17, 15) is 27.5 Å². The van der Waals surface area contributed by atoms with Crippen LogP contribution in [0.3, 0.4) is 0 Å². The van der Waals surface area contributed by atoms with Gasteiger partial charge in [-0.05, 0) is 30.7 Å². The molecule has 0 saturated heterocycles. The lowest BCUT2D eigenvalue weighted by atomic mass is 9.81. The molecule has 1 unspecified atom stereocenters. The van der Waals surface area contributed by atoms with Crippen molar-refractivity contribution in [2.45, 2.75) is 18.7 Å². The summed E-state index contributed by atoms with van der Waals surface area (Å²) in [5.41, 5.74) is -4.89. The zero-order valence-electron chi connectivity index (χ0n) is 12.9. The number of alkyl halides is 3. The van der Waals surface area contributed by atoms with Crippen LogP contribution in [0.2, 0.25) is 0 Å². The minimum absolute atomic E-state index is 0.122. The Morgan fingerprint density at radius 1 is 1.16 bits per heavy atom. The van der Waals surface area contributed by atoms with Gasteiger partial charge in [-0.2, -0.15) is 13.2 Å². The van der Waals surface area contributed by atoms with Crippen molar-refractivity contribution in [3.8, 4) is 5.75 Å². The van der Waals surface area contributed by atoms with Crippen molar-refractivity contribution in [3.63, 3.8) is 0 Å². The lowest BCUT2D eigenvalue weighted by Crippen LogP contribution is -2.54. The number of carboxylic acid groups (broad SMARTS) is 1. The molecule has 0 radical (unpaired) electrons. The number of carbonyl (C=O) groups is 1. The lowest BCUT2D eigenvalue weighted by Gasteiger charge is -2.41. The van der Waals surface area contributed by atoms with Crippen LogP contribution in [0.4, 0.5) is 17.6 Å². The van der Waals surface area contributed by atoms with E-state index in [1.54, 1.807) is 0 Å². The molecule has 130 valence electrons. The van der Waals surface area contributed by atoms with Crippen molar-refractivity contribution in [1.29, 1.82) is 0 Å². The highest BCUT2D eigenvalue weighted by Gasteiger charge is 2.62. The van der Waals surface area contributed by atoms with Crippen LogP contribution in [0.25, 0.3) is 6.08 Å². The molecule has 0 amide bonds. The molecule has 0 saturated carbocycles. The minimum atomic E-state index is -5.17. The predicted octanol–water partition coefficient (Wildman–Crippen LogP) is 3.12. The molecule has 1 aliphatic heterocycles. The van der Waals surface area contributed by atoms with Crippen LogP contribution in [0.15, 0.2) is 48.0 Å². The summed E-state index contributed by atoms with van der Waals surface area (Å²) in [6.07, 6.45) is -4.33. The van der Waals surface area contributed by atoms with E-state index in [0.29, 0.717) is 6.07 Å². The van der Waals surface area contributed by atoms with Gasteiger partial charge in [0.25, 0.3) is 5.60 Å². The van der Waals surface area contributed by atoms with Gasteiger partial charge in [0.2, 0.25) is 0 Å². The maximum absolute atomic E-state index is 14.0. The first kappa shape index (κ1) is 17.0. The van der Waals surface area contributed by atoms with Crippen LogP contribution in [-0.2, 0) is 10.4 Å². The number of rotatable bonds is 2. The molecule has 0 N–H and O–H groups in total. The first-order valence-electron chi connectivity index (χ1n) is 7.22. The van der Waals surface area contributed by atoms with Crippen LogP contribution in [0.5, 0.6) is 5.75 Å². The van der Waals surface area contributed by atoms with Gasteiger partial charge >= 0.3 is 6.18 Å². The SMILES string of the molecule is Cc1ccc(C2(C(F)(F)F)Oc3ccccc3C=C2C(=O)[O-])cc1F. The van der Waals surface area contributed by atoms with Crippen molar-refractivity contribution in [1.82, 2.24) is 0 Å². The Kier molecular flexibility index (Phi) is 3.82. The molecular weight excluding hydrogens is 340 g/mol. The number of benzene rings is 2. The van der Waals surface area contributed by atoms with Crippen molar-refractivity contribution in [3.05, 3.63) is 70.5 Å². The van der Waals surface area contributed by atoms with Gasteiger partial charge in [-0.15, -0.1) is 0 Å². The van der Waals surface area contributed by atoms with Gasteiger partial charge in [-0.3, -0.25) is 0 Å². The molecule has 1 atom stereocenters. The lowest BCUT2D eigenvalue weighted by molar-refractivity contribution is -0.307. The fraction of sp³-hybridized carbons (Fsp3) is 0.167. The van der Waals surface area contributed by atoms with Gasteiger partial charge in [-0.25, -0.2) is 4.39 Å². The van der Waals surface area contributed by atoms with E-state index in [4.69, 9.17) is 4.74 Å². The number of para-hydroxylation sites is 1. The largest absolute Gasteiger partial charge is 0.545 e. The summed E-state index contributed by atoms with van der Waals surface area (Å²) >= 11 is 0. The molecule has 25 heavy (non-hydrogen) atoms. The molecule has 0 fully saturated rings. The van der Waals surface area contributed by atoms with Gasteiger partial charge in [-0.1, -0.05) is 30.3 Å². The van der Waals surface area contributed by atoms with Crippen LogP contribution >= 0.6 is 0 Å². The van der Waals surface area contributed by atoms with Gasteiger partial charge in [0.1, 0.15) is 11.6 Å². The van der Waals surface area contributed by atoms with E-state index in [0.717, 1.165) is 18.2 Å². The van der Waals surface area contributed by atoms with Crippen LogP contribution < -0.4 is 9.84 Å². The van der Waals surface area contributed by atoms with Gasteiger partial charge in [0.15, 0.2) is 0 Å². The average molecular weight is 351 g/mol. The highest BCUT2D eigenvalue weighted by atomic mass is 19.4. The summed E-state index contributed by atoms with van der Waals surface area (Å²) in [6.45, 7) is 1.38. The first-order valence-corrected chi connectivity index (χ1v) is 7.22. The molecule has 0 aromatic heterocycles. The first-order chi connectivity index (χ1) is 11.7.